The highest BCUT2D eigenvalue weighted by molar-refractivity contribution is 5.92. The summed E-state index contributed by atoms with van der Waals surface area (Å²) in [6, 6.07) is 6.87. The number of hydrogen-bond donors (Lipinski definition) is 1. The quantitative estimate of drug-likeness (QED) is 0.483. The Morgan fingerprint density at radius 3 is 2.25 bits per heavy atom. The Labute approximate surface area is 139 Å². The van der Waals surface area contributed by atoms with Gasteiger partial charge in [-0.05, 0) is 31.9 Å². The van der Waals surface area contributed by atoms with E-state index in [4.69, 9.17) is 4.74 Å². The van der Waals surface area contributed by atoms with Crippen LogP contribution in [0.1, 0.15) is 38.1 Å². The number of benzene rings is 1. The average Bonchev–Trinajstić information content (AvgIpc) is 2.54. The Bertz CT molecular complexity index is 678. The summed E-state index contributed by atoms with van der Waals surface area (Å²) in [5.41, 5.74) is -1.14. The van der Waals surface area contributed by atoms with E-state index in [-0.39, 0.29) is 17.2 Å². The number of nitro groups is 1. The fourth-order valence-electron chi connectivity index (χ4n) is 1.66. The zero-order valence-corrected chi connectivity index (χ0v) is 13.9. The standard InChI is InChI=1S/C16H19N3O5/c1-10(2)16(4,9-17)18-14(20)11(3)24-15(21)12-5-7-13(8-6-12)19(22)23/h5-8,10-11H,1-4H3,(H,18,20)/t11-,16+/m0/s1. The van der Waals surface area contributed by atoms with Gasteiger partial charge in [0.05, 0.1) is 16.6 Å². The number of carbonyl (C=O) groups excluding carboxylic acids is 2. The van der Waals surface area contributed by atoms with Crippen LogP contribution in [-0.2, 0) is 9.53 Å². The normalized spacial score (nSPS) is 14.2. The molecular formula is C16H19N3O5. The molecule has 1 aromatic rings. The highest BCUT2D eigenvalue weighted by atomic mass is 16.6. The number of carbonyl (C=O) groups is 2. The highest BCUT2D eigenvalue weighted by Gasteiger charge is 2.32. The van der Waals surface area contributed by atoms with Gasteiger partial charge in [-0.25, -0.2) is 4.79 Å². The first-order valence-electron chi connectivity index (χ1n) is 7.29. The van der Waals surface area contributed by atoms with E-state index in [0.29, 0.717) is 0 Å². The molecule has 0 aliphatic rings. The summed E-state index contributed by atoms with van der Waals surface area (Å²) in [5.74, 6) is -1.51. The molecule has 0 aromatic heterocycles. The number of nitro benzene ring substituents is 1. The first-order valence-corrected chi connectivity index (χ1v) is 7.29. The molecular weight excluding hydrogens is 314 g/mol. The maximum absolute atomic E-state index is 12.1. The molecule has 0 spiro atoms. The molecule has 0 aliphatic carbocycles. The number of nitrogens with zero attached hydrogens (tertiary/aromatic N) is 2. The largest absolute Gasteiger partial charge is 0.449 e. The minimum Gasteiger partial charge on any atom is -0.449 e. The second-order valence-corrected chi connectivity index (χ2v) is 5.81. The lowest BCUT2D eigenvalue weighted by molar-refractivity contribution is -0.384. The van der Waals surface area contributed by atoms with Gasteiger partial charge in [0.1, 0.15) is 5.54 Å². The molecule has 0 fully saturated rings. The van der Waals surface area contributed by atoms with Crippen molar-refractivity contribution in [2.45, 2.75) is 39.3 Å². The maximum atomic E-state index is 12.1. The molecule has 0 unspecified atom stereocenters. The molecule has 0 saturated heterocycles. The minimum atomic E-state index is -1.11. The lowest BCUT2D eigenvalue weighted by atomic mass is 9.90. The zero-order valence-electron chi connectivity index (χ0n) is 13.9. The number of ether oxygens (including phenoxy) is 1. The van der Waals surface area contributed by atoms with Gasteiger partial charge in [0.15, 0.2) is 6.10 Å². The van der Waals surface area contributed by atoms with Gasteiger partial charge < -0.3 is 10.1 Å². The van der Waals surface area contributed by atoms with Crippen LogP contribution in [0.3, 0.4) is 0 Å². The molecule has 1 aromatic carbocycles. The Morgan fingerprint density at radius 1 is 1.29 bits per heavy atom. The third kappa shape index (κ3) is 4.52. The summed E-state index contributed by atoms with van der Waals surface area (Å²) >= 11 is 0. The van der Waals surface area contributed by atoms with Gasteiger partial charge in [0.25, 0.3) is 11.6 Å². The number of nitriles is 1. The second kappa shape index (κ2) is 7.55. The van der Waals surface area contributed by atoms with Crippen LogP contribution in [0, 0.1) is 27.4 Å². The molecule has 0 heterocycles. The smallest absolute Gasteiger partial charge is 0.338 e. The number of esters is 1. The average molecular weight is 333 g/mol. The van der Waals surface area contributed by atoms with E-state index in [9.17, 15) is 25.0 Å². The summed E-state index contributed by atoms with van der Waals surface area (Å²) in [4.78, 5) is 34.1. The van der Waals surface area contributed by atoms with E-state index >= 15 is 0 Å². The molecule has 1 N–H and O–H groups in total. The Kier molecular flexibility index (Phi) is 6.01. The van der Waals surface area contributed by atoms with Gasteiger partial charge in [-0.2, -0.15) is 5.26 Å². The Balaban J connectivity index is 2.74. The van der Waals surface area contributed by atoms with Gasteiger partial charge in [-0.15, -0.1) is 0 Å². The third-order valence-electron chi connectivity index (χ3n) is 3.74. The molecule has 0 bridgehead atoms. The van der Waals surface area contributed by atoms with Crippen molar-refractivity contribution in [3.8, 4) is 6.07 Å². The van der Waals surface area contributed by atoms with Crippen molar-refractivity contribution in [2.24, 2.45) is 5.92 Å². The minimum absolute atomic E-state index is 0.0900. The van der Waals surface area contributed by atoms with Crippen molar-refractivity contribution >= 4 is 17.6 Å². The van der Waals surface area contributed by atoms with E-state index in [0.717, 1.165) is 0 Å². The van der Waals surface area contributed by atoms with E-state index < -0.39 is 28.4 Å². The third-order valence-corrected chi connectivity index (χ3v) is 3.74. The number of nitrogens with one attached hydrogen (secondary N) is 1. The summed E-state index contributed by atoms with van der Waals surface area (Å²) in [6.45, 7) is 6.55. The Morgan fingerprint density at radius 2 is 1.83 bits per heavy atom. The topological polar surface area (TPSA) is 122 Å². The van der Waals surface area contributed by atoms with Gasteiger partial charge in [0.2, 0.25) is 0 Å². The van der Waals surface area contributed by atoms with Gasteiger partial charge in [-0.3, -0.25) is 14.9 Å². The molecule has 8 heteroatoms. The molecule has 128 valence electrons. The second-order valence-electron chi connectivity index (χ2n) is 5.81. The van der Waals surface area contributed by atoms with E-state index in [1.165, 1.54) is 31.2 Å². The van der Waals surface area contributed by atoms with Crippen molar-refractivity contribution in [3.05, 3.63) is 39.9 Å². The van der Waals surface area contributed by atoms with Crippen LogP contribution in [0.5, 0.6) is 0 Å². The fourth-order valence-corrected chi connectivity index (χ4v) is 1.66. The summed E-state index contributed by atoms with van der Waals surface area (Å²) < 4.78 is 5.04. The van der Waals surface area contributed by atoms with Crippen LogP contribution < -0.4 is 5.32 Å². The van der Waals surface area contributed by atoms with Crippen LogP contribution in [0.15, 0.2) is 24.3 Å². The van der Waals surface area contributed by atoms with E-state index in [1.54, 1.807) is 20.8 Å². The lowest BCUT2D eigenvalue weighted by Crippen LogP contribution is -2.52. The predicted molar refractivity (Wildman–Crippen MR) is 85.0 cm³/mol. The van der Waals surface area contributed by atoms with Crippen LogP contribution in [0.2, 0.25) is 0 Å². The number of hydrogen-bond acceptors (Lipinski definition) is 6. The number of amides is 1. The van der Waals surface area contributed by atoms with Crippen LogP contribution >= 0.6 is 0 Å². The van der Waals surface area contributed by atoms with Crippen LogP contribution in [0.4, 0.5) is 5.69 Å². The number of rotatable bonds is 6. The molecule has 24 heavy (non-hydrogen) atoms. The Hall–Kier alpha value is -2.95. The van der Waals surface area contributed by atoms with Crippen LogP contribution in [-0.4, -0.2) is 28.4 Å². The fraction of sp³-hybridized carbons (Fsp3) is 0.438. The maximum Gasteiger partial charge on any atom is 0.338 e. The van der Waals surface area contributed by atoms with E-state index in [1.807, 2.05) is 6.07 Å². The molecule has 0 aliphatic heterocycles. The van der Waals surface area contributed by atoms with Crippen molar-refractivity contribution in [3.63, 3.8) is 0 Å². The van der Waals surface area contributed by atoms with Crippen molar-refractivity contribution in [2.75, 3.05) is 0 Å². The van der Waals surface area contributed by atoms with Gasteiger partial charge in [-0.1, -0.05) is 13.8 Å². The summed E-state index contributed by atoms with van der Waals surface area (Å²) in [6.07, 6.45) is -1.11. The van der Waals surface area contributed by atoms with Gasteiger partial charge >= 0.3 is 5.97 Å². The number of non-ortho nitro benzene ring substituents is 1. The monoisotopic (exact) mass is 333 g/mol. The molecule has 2 atom stereocenters. The van der Waals surface area contributed by atoms with Gasteiger partial charge in [0, 0.05) is 12.1 Å². The molecule has 1 amide bonds. The lowest BCUT2D eigenvalue weighted by Gasteiger charge is -2.28. The molecule has 1 rings (SSSR count). The summed E-state index contributed by atoms with van der Waals surface area (Å²) in [5, 5.41) is 22.3. The molecule has 0 radical (unpaired) electrons. The first kappa shape index (κ1) is 19.1. The highest BCUT2D eigenvalue weighted by Crippen LogP contribution is 2.16. The van der Waals surface area contributed by atoms with Crippen LogP contribution in [0.25, 0.3) is 0 Å². The van der Waals surface area contributed by atoms with Crippen molar-refractivity contribution in [1.29, 1.82) is 5.26 Å². The SMILES string of the molecule is CC(C)[C@@](C)(C#N)NC(=O)[C@H](C)OC(=O)c1ccc([N+](=O)[O-])cc1. The predicted octanol–water partition coefficient (Wildman–Crippen LogP) is 2.19. The molecule has 8 nitrogen and oxygen atoms in total. The van der Waals surface area contributed by atoms with Crippen molar-refractivity contribution in [1.82, 2.24) is 5.32 Å². The summed E-state index contributed by atoms with van der Waals surface area (Å²) in [7, 11) is 0. The first-order chi connectivity index (χ1) is 11.1. The zero-order chi connectivity index (χ0) is 18.5. The van der Waals surface area contributed by atoms with Crippen molar-refractivity contribution < 1.29 is 19.2 Å². The van der Waals surface area contributed by atoms with E-state index in [2.05, 4.69) is 5.32 Å². The molecule has 0 saturated carbocycles.